The maximum Gasteiger partial charge on any atom is 0.413 e. The predicted octanol–water partition coefficient (Wildman–Crippen LogP) is 4.65. The maximum absolute atomic E-state index is 12.4. The first-order valence-electron chi connectivity index (χ1n) is 7.40. The number of nitrogens with zero attached hydrogens (tertiary/aromatic N) is 2. The molecule has 1 amide bonds. The molecule has 0 spiro atoms. The molecule has 5 nitrogen and oxygen atoms in total. The van der Waals surface area contributed by atoms with Gasteiger partial charge < -0.3 is 10.2 Å². The number of aromatic nitrogens is 1. The second-order valence-electron chi connectivity index (χ2n) is 4.85. The van der Waals surface area contributed by atoms with E-state index >= 15 is 0 Å². The van der Waals surface area contributed by atoms with Crippen molar-refractivity contribution < 1.29 is 18.0 Å². The van der Waals surface area contributed by atoms with Crippen molar-refractivity contribution in [2.45, 2.75) is 24.2 Å². The number of anilines is 1. The minimum atomic E-state index is -4.53. The van der Waals surface area contributed by atoms with Crippen molar-refractivity contribution in [1.29, 1.82) is 5.41 Å². The molecule has 11 heteroatoms. The molecular weight excluding hydrogens is 412 g/mol. The number of rotatable bonds is 9. The summed E-state index contributed by atoms with van der Waals surface area (Å²) in [7, 11) is 0. The lowest BCUT2D eigenvalue weighted by atomic mass is 10.3. The molecule has 0 saturated carbocycles. The van der Waals surface area contributed by atoms with Crippen LogP contribution < -0.4 is 5.32 Å². The number of pyridine rings is 1. The first-order valence-corrected chi connectivity index (χ1v) is 9.27. The molecule has 0 saturated heterocycles. The van der Waals surface area contributed by atoms with Gasteiger partial charge in [-0.05, 0) is 19.1 Å². The molecule has 0 bridgehead atoms. The molecule has 1 heterocycles. The summed E-state index contributed by atoms with van der Waals surface area (Å²) in [6.07, 6.45) is -0.202. The van der Waals surface area contributed by atoms with Crippen LogP contribution in [0.1, 0.15) is 13.3 Å². The van der Waals surface area contributed by atoms with Crippen LogP contribution in [-0.2, 0) is 4.79 Å². The zero-order valence-corrected chi connectivity index (χ0v) is 16.0. The Morgan fingerprint density at radius 3 is 2.73 bits per heavy atom. The van der Waals surface area contributed by atoms with Gasteiger partial charge in [0, 0.05) is 31.1 Å². The number of thioether (sulfide) groups is 1. The molecule has 1 rings (SSSR count). The van der Waals surface area contributed by atoms with E-state index in [1.165, 1.54) is 11.1 Å². The molecule has 0 aliphatic rings. The standard InChI is InChI=1S/C15H17Cl2F3N4OS/c1-2-24(12(25)5-7-26-14(17)15(18,19)20)11(13(16)21)9-23-10-4-3-6-22-8-10/h3-4,6,8-9,14,21,23H,2,5,7H2,1H3/b11-9+,21-13?. The van der Waals surface area contributed by atoms with Crippen LogP contribution in [0.15, 0.2) is 36.4 Å². The molecule has 0 aromatic carbocycles. The summed E-state index contributed by atoms with van der Waals surface area (Å²) in [5.74, 6) is -0.572. The average molecular weight is 429 g/mol. The van der Waals surface area contributed by atoms with Crippen LogP contribution in [0.5, 0.6) is 0 Å². The smallest absolute Gasteiger partial charge is 0.358 e. The highest BCUT2D eigenvalue weighted by Gasteiger charge is 2.38. The van der Waals surface area contributed by atoms with E-state index in [9.17, 15) is 18.0 Å². The molecular formula is C15H17Cl2F3N4OS. The Kier molecular flexibility index (Phi) is 9.24. The third kappa shape index (κ3) is 7.43. The molecule has 26 heavy (non-hydrogen) atoms. The van der Waals surface area contributed by atoms with Gasteiger partial charge in [-0.1, -0.05) is 11.6 Å². The van der Waals surface area contributed by atoms with Gasteiger partial charge in [-0.3, -0.25) is 15.2 Å². The normalized spacial score (nSPS) is 13.2. The number of allylic oxidation sites excluding steroid dienone is 1. The first kappa shape index (κ1) is 22.6. The van der Waals surface area contributed by atoms with Crippen molar-refractivity contribution in [1.82, 2.24) is 9.88 Å². The van der Waals surface area contributed by atoms with E-state index in [1.807, 2.05) is 0 Å². The lowest BCUT2D eigenvalue weighted by molar-refractivity contribution is -0.128. The third-order valence-corrected chi connectivity index (χ3v) is 4.83. The summed E-state index contributed by atoms with van der Waals surface area (Å²) in [6.45, 7) is 1.87. The molecule has 1 unspecified atom stereocenters. The Balaban J connectivity index is 2.74. The third-order valence-electron chi connectivity index (χ3n) is 3.01. The highest BCUT2D eigenvalue weighted by Crippen LogP contribution is 2.33. The molecule has 0 radical (unpaired) electrons. The Bertz CT molecular complexity index is 644. The fraction of sp³-hybridized carbons (Fsp3) is 0.400. The number of hydrogen-bond acceptors (Lipinski definition) is 5. The molecule has 1 aromatic rings. The van der Waals surface area contributed by atoms with E-state index in [4.69, 9.17) is 28.6 Å². The highest BCUT2D eigenvalue weighted by atomic mass is 35.5. The molecule has 1 aromatic heterocycles. The van der Waals surface area contributed by atoms with E-state index in [0.717, 1.165) is 0 Å². The van der Waals surface area contributed by atoms with Gasteiger partial charge in [-0.2, -0.15) is 13.2 Å². The monoisotopic (exact) mass is 428 g/mol. The molecule has 144 valence electrons. The van der Waals surface area contributed by atoms with Crippen LogP contribution in [0.4, 0.5) is 18.9 Å². The fourth-order valence-corrected chi connectivity index (χ4v) is 2.93. The molecule has 1 atom stereocenters. The number of carbonyl (C=O) groups is 1. The number of hydrogen-bond donors (Lipinski definition) is 2. The van der Waals surface area contributed by atoms with Crippen molar-refractivity contribution in [2.75, 3.05) is 17.6 Å². The second kappa shape index (κ2) is 10.6. The largest absolute Gasteiger partial charge is 0.413 e. The summed E-state index contributed by atoms with van der Waals surface area (Å²) < 4.78 is 35.1. The summed E-state index contributed by atoms with van der Waals surface area (Å²) in [5, 5.41) is 10.1. The Labute approximate surface area is 163 Å². The average Bonchev–Trinajstić information content (AvgIpc) is 2.58. The number of halogens is 5. The number of amides is 1. The zero-order valence-electron chi connectivity index (χ0n) is 13.7. The minimum absolute atomic E-state index is 0.103. The summed E-state index contributed by atoms with van der Waals surface area (Å²) >= 11 is 11.4. The van der Waals surface area contributed by atoms with Crippen molar-refractivity contribution in [3.05, 3.63) is 36.4 Å². The Morgan fingerprint density at radius 2 is 2.23 bits per heavy atom. The lowest BCUT2D eigenvalue weighted by Crippen LogP contribution is -2.33. The van der Waals surface area contributed by atoms with E-state index in [2.05, 4.69) is 10.3 Å². The van der Waals surface area contributed by atoms with Crippen LogP contribution in [0, 0.1) is 5.41 Å². The molecule has 0 aliphatic heterocycles. The second-order valence-corrected chi connectivity index (χ2v) is 7.13. The number of nitrogens with one attached hydrogen (secondary N) is 2. The van der Waals surface area contributed by atoms with Gasteiger partial charge in [0.25, 0.3) is 0 Å². The van der Waals surface area contributed by atoms with Gasteiger partial charge in [-0.25, -0.2) is 0 Å². The van der Waals surface area contributed by atoms with E-state index < -0.39 is 16.8 Å². The lowest BCUT2D eigenvalue weighted by Gasteiger charge is -2.23. The van der Waals surface area contributed by atoms with Gasteiger partial charge in [0.2, 0.25) is 5.91 Å². The van der Waals surface area contributed by atoms with Crippen molar-refractivity contribution in [3.8, 4) is 0 Å². The summed E-state index contributed by atoms with van der Waals surface area (Å²) in [4.78, 5) is 17.5. The fourth-order valence-electron chi connectivity index (χ4n) is 1.82. The highest BCUT2D eigenvalue weighted by molar-refractivity contribution is 8.01. The van der Waals surface area contributed by atoms with Crippen molar-refractivity contribution in [2.24, 2.45) is 0 Å². The first-order chi connectivity index (χ1) is 12.2. The van der Waals surface area contributed by atoms with E-state index in [1.54, 1.807) is 31.5 Å². The van der Waals surface area contributed by atoms with Crippen LogP contribution >= 0.6 is 35.0 Å². The van der Waals surface area contributed by atoms with Crippen LogP contribution in [0.3, 0.4) is 0 Å². The summed E-state index contributed by atoms with van der Waals surface area (Å²) in [6, 6.07) is 3.43. The number of carbonyl (C=O) groups excluding carboxylic acids is 1. The van der Waals surface area contributed by atoms with Gasteiger partial charge in [0.1, 0.15) is 5.17 Å². The van der Waals surface area contributed by atoms with Gasteiger partial charge in [0.05, 0.1) is 17.6 Å². The van der Waals surface area contributed by atoms with Gasteiger partial charge in [0.15, 0.2) is 4.71 Å². The van der Waals surface area contributed by atoms with Crippen LogP contribution in [0.2, 0.25) is 0 Å². The maximum atomic E-state index is 12.4. The quantitative estimate of drug-likeness (QED) is 0.443. The molecule has 0 aliphatic carbocycles. The number of alkyl halides is 4. The SMILES string of the molecule is CCN(C(=O)CCSC(Cl)C(F)(F)F)/C(=C/Nc1cccnc1)C(=N)Cl. The topological polar surface area (TPSA) is 69.1 Å². The van der Waals surface area contributed by atoms with Gasteiger partial charge >= 0.3 is 6.18 Å². The summed E-state index contributed by atoms with van der Waals surface area (Å²) in [5.41, 5.74) is 0.725. The Morgan fingerprint density at radius 1 is 1.54 bits per heavy atom. The van der Waals surface area contributed by atoms with E-state index in [-0.39, 0.29) is 29.6 Å². The van der Waals surface area contributed by atoms with Crippen LogP contribution in [0.25, 0.3) is 0 Å². The molecule has 2 N–H and O–H groups in total. The Hall–Kier alpha value is -1.45. The minimum Gasteiger partial charge on any atom is -0.358 e. The molecule has 0 fully saturated rings. The van der Waals surface area contributed by atoms with Crippen molar-refractivity contribution >= 4 is 51.7 Å². The van der Waals surface area contributed by atoms with E-state index in [0.29, 0.717) is 17.4 Å². The van der Waals surface area contributed by atoms with Crippen molar-refractivity contribution in [3.63, 3.8) is 0 Å². The van der Waals surface area contributed by atoms with Gasteiger partial charge in [-0.15, -0.1) is 23.4 Å². The zero-order chi connectivity index (χ0) is 19.7. The van der Waals surface area contributed by atoms with Crippen LogP contribution in [-0.4, -0.2) is 44.1 Å². The predicted molar refractivity (Wildman–Crippen MR) is 99.7 cm³/mol.